The van der Waals surface area contributed by atoms with Crippen LogP contribution in [0.2, 0.25) is 0 Å². The number of nitrogens with zero attached hydrogens (tertiary/aromatic N) is 2. The van der Waals surface area contributed by atoms with Crippen molar-refractivity contribution >= 4 is 47.0 Å². The van der Waals surface area contributed by atoms with Gasteiger partial charge in [-0.3, -0.25) is 4.57 Å². The number of hydrogen-bond donors (Lipinski definition) is 0. The molecule has 0 aliphatic carbocycles. The molecule has 2 aliphatic rings. The molecule has 0 atom stereocenters. The second-order valence-corrected chi connectivity index (χ2v) is 11.6. The zero-order valence-electron chi connectivity index (χ0n) is 19.0. The Hall–Kier alpha value is -2.43. The van der Waals surface area contributed by atoms with Gasteiger partial charge >= 0.3 is 0 Å². The van der Waals surface area contributed by atoms with Crippen molar-refractivity contribution in [2.24, 2.45) is 0 Å². The van der Waals surface area contributed by atoms with E-state index >= 15 is 0 Å². The van der Waals surface area contributed by atoms with Crippen LogP contribution in [-0.2, 0) is 4.57 Å². The van der Waals surface area contributed by atoms with E-state index in [1.165, 1.54) is 0 Å². The second-order valence-electron chi connectivity index (χ2n) is 8.11. The Morgan fingerprint density at radius 1 is 0.735 bits per heavy atom. The Morgan fingerprint density at radius 2 is 1.24 bits per heavy atom. The third-order valence-corrected chi connectivity index (χ3v) is 10.1. The highest BCUT2D eigenvalue weighted by atomic mass is 35.5. The molecule has 4 nitrogen and oxygen atoms in total. The molecule has 0 bridgehead atoms. The van der Waals surface area contributed by atoms with E-state index < -0.39 is 7.29 Å². The summed E-state index contributed by atoms with van der Waals surface area (Å²) < 4.78 is 22.2. The predicted molar refractivity (Wildman–Crippen MR) is 148 cm³/mol. The van der Waals surface area contributed by atoms with E-state index in [9.17, 15) is 4.57 Å². The molecule has 176 valence electrons. The lowest BCUT2D eigenvalue weighted by atomic mass is 10.2. The van der Waals surface area contributed by atoms with Gasteiger partial charge in [0, 0.05) is 47.6 Å². The van der Waals surface area contributed by atoms with E-state index in [0.717, 1.165) is 58.6 Å². The fourth-order valence-corrected chi connectivity index (χ4v) is 8.57. The minimum absolute atomic E-state index is 0. The van der Waals surface area contributed by atoms with E-state index in [1.807, 2.05) is 66.2 Å². The smallest absolute Gasteiger partial charge is 0.195 e. The molecule has 0 N–H and O–H groups in total. The van der Waals surface area contributed by atoms with Crippen molar-refractivity contribution in [3.05, 3.63) is 108 Å². The maximum atomic E-state index is 14.4. The number of para-hydroxylation sites is 2. The van der Waals surface area contributed by atoms with Gasteiger partial charge < -0.3 is 9.64 Å². The Bertz CT molecular complexity index is 1170. The largest absolute Gasteiger partial charge is 0.495 e. The molecule has 0 aromatic heterocycles. The fraction of sp³-hybridized carbons (Fsp3) is 0.185. The number of piperazine rings is 1. The average molecular weight is 511 g/mol. The number of thioether (sulfide) groups is 1. The lowest BCUT2D eigenvalue weighted by Crippen LogP contribution is -2.44. The van der Waals surface area contributed by atoms with Gasteiger partial charge in [-0.25, -0.2) is 4.67 Å². The first-order valence-corrected chi connectivity index (χ1v) is 13.7. The maximum Gasteiger partial charge on any atom is 0.195 e. The average Bonchev–Trinajstić information content (AvgIpc) is 2.89. The van der Waals surface area contributed by atoms with Crippen LogP contribution in [0.3, 0.4) is 0 Å². The van der Waals surface area contributed by atoms with Gasteiger partial charge in [0.15, 0.2) is 7.29 Å². The van der Waals surface area contributed by atoms with Crippen LogP contribution < -0.4 is 9.64 Å². The molecule has 0 unspecified atom stereocenters. The van der Waals surface area contributed by atoms with Crippen LogP contribution in [0.25, 0.3) is 9.81 Å². The number of benzene rings is 3. The third kappa shape index (κ3) is 5.13. The summed E-state index contributed by atoms with van der Waals surface area (Å²) in [6.45, 7) is 3.08. The number of halogens is 1. The molecule has 0 amide bonds. The normalized spacial score (nSPS) is 17.9. The van der Waals surface area contributed by atoms with Crippen LogP contribution in [0.1, 0.15) is 11.1 Å². The molecule has 2 heterocycles. The van der Waals surface area contributed by atoms with Gasteiger partial charge in [-0.05, 0) is 23.3 Å². The summed E-state index contributed by atoms with van der Waals surface area (Å²) in [6, 6.07) is 28.7. The summed E-state index contributed by atoms with van der Waals surface area (Å²) in [4.78, 5) is 4.45. The molecule has 7 heteroatoms. The van der Waals surface area contributed by atoms with Crippen LogP contribution in [0.5, 0.6) is 5.75 Å². The SMILES string of the molecule is COc1ccccc1N1CCN(P2(=O)C=C(c3ccccc3)SC(c3ccccc3)=C2)CC1.Cl. The van der Waals surface area contributed by atoms with Crippen molar-refractivity contribution < 1.29 is 9.30 Å². The number of anilines is 1. The highest BCUT2D eigenvalue weighted by Gasteiger charge is 2.34. The Morgan fingerprint density at radius 3 is 1.76 bits per heavy atom. The van der Waals surface area contributed by atoms with Crippen molar-refractivity contribution in [1.29, 1.82) is 0 Å². The Balaban J connectivity index is 0.00000274. The summed E-state index contributed by atoms with van der Waals surface area (Å²) in [7, 11) is -1.13. The molecule has 5 rings (SSSR count). The van der Waals surface area contributed by atoms with Crippen molar-refractivity contribution in [2.45, 2.75) is 0 Å². The van der Waals surface area contributed by atoms with Crippen LogP contribution in [-0.4, -0.2) is 38.0 Å². The molecule has 34 heavy (non-hydrogen) atoms. The molecule has 0 spiro atoms. The molecule has 2 aliphatic heterocycles. The number of rotatable bonds is 5. The summed E-state index contributed by atoms with van der Waals surface area (Å²) in [5, 5.41) is 0. The zero-order valence-corrected chi connectivity index (χ0v) is 21.6. The van der Waals surface area contributed by atoms with Crippen molar-refractivity contribution in [2.75, 3.05) is 38.2 Å². The van der Waals surface area contributed by atoms with Crippen molar-refractivity contribution in [3.63, 3.8) is 0 Å². The van der Waals surface area contributed by atoms with Gasteiger partial charge in [-0.1, -0.05) is 84.6 Å². The van der Waals surface area contributed by atoms with Gasteiger partial charge in [-0.15, -0.1) is 12.4 Å². The summed E-state index contributed by atoms with van der Waals surface area (Å²) >= 11 is 1.70. The monoisotopic (exact) mass is 510 g/mol. The maximum absolute atomic E-state index is 14.4. The molecule has 0 saturated carbocycles. The van der Waals surface area contributed by atoms with Crippen LogP contribution >= 0.6 is 31.5 Å². The van der Waals surface area contributed by atoms with E-state index in [0.29, 0.717) is 0 Å². The first-order chi connectivity index (χ1) is 16.2. The van der Waals surface area contributed by atoms with Crippen LogP contribution in [0.15, 0.2) is 96.6 Å². The number of hydrogen-bond acceptors (Lipinski definition) is 4. The highest BCUT2D eigenvalue weighted by molar-refractivity contribution is 8.17. The van der Waals surface area contributed by atoms with Crippen LogP contribution in [0, 0.1) is 0 Å². The van der Waals surface area contributed by atoms with Crippen molar-refractivity contribution in [3.8, 4) is 5.75 Å². The van der Waals surface area contributed by atoms with E-state index in [4.69, 9.17) is 4.74 Å². The highest BCUT2D eigenvalue weighted by Crippen LogP contribution is 2.63. The van der Waals surface area contributed by atoms with E-state index in [1.54, 1.807) is 18.9 Å². The first-order valence-electron chi connectivity index (χ1n) is 11.1. The fourth-order valence-electron chi connectivity index (χ4n) is 4.32. The summed E-state index contributed by atoms with van der Waals surface area (Å²) in [5.41, 5.74) is 3.31. The molecule has 3 aromatic carbocycles. The van der Waals surface area contributed by atoms with E-state index in [-0.39, 0.29) is 12.4 Å². The summed E-state index contributed by atoms with van der Waals surface area (Å²) in [6.07, 6.45) is 0. The topological polar surface area (TPSA) is 32.8 Å². The van der Waals surface area contributed by atoms with Gasteiger partial charge in [0.1, 0.15) is 5.75 Å². The first kappa shape index (κ1) is 24.7. The molecule has 1 saturated heterocycles. The number of methoxy groups -OCH3 is 1. The molecule has 3 aromatic rings. The summed E-state index contributed by atoms with van der Waals surface area (Å²) in [5.74, 6) is 4.90. The second kappa shape index (κ2) is 10.9. The van der Waals surface area contributed by atoms with Gasteiger partial charge in [0.25, 0.3) is 0 Å². The lowest BCUT2D eigenvalue weighted by Gasteiger charge is -2.39. The third-order valence-electron chi connectivity index (χ3n) is 6.06. The molecular formula is C27H28ClN2O2PS. The van der Waals surface area contributed by atoms with Gasteiger partial charge in [0.05, 0.1) is 12.8 Å². The quantitative estimate of drug-likeness (QED) is 0.337. The van der Waals surface area contributed by atoms with Gasteiger partial charge in [-0.2, -0.15) is 0 Å². The molecular weight excluding hydrogens is 483 g/mol. The molecule has 0 radical (unpaired) electrons. The van der Waals surface area contributed by atoms with E-state index in [2.05, 4.69) is 39.9 Å². The lowest BCUT2D eigenvalue weighted by molar-refractivity contribution is 0.384. The minimum atomic E-state index is -2.84. The van der Waals surface area contributed by atoms with Crippen molar-refractivity contribution in [1.82, 2.24) is 4.67 Å². The van der Waals surface area contributed by atoms with Gasteiger partial charge in [0.2, 0.25) is 0 Å². The zero-order chi connectivity index (χ0) is 22.7. The Kier molecular flexibility index (Phi) is 7.90. The molecule has 1 fully saturated rings. The minimum Gasteiger partial charge on any atom is -0.495 e. The standard InChI is InChI=1S/C27H27N2O2PS.ClH/c1-31-25-15-9-8-14-24(25)28-16-18-29(19-17-28)32(30)20-26(22-10-4-2-5-11-22)33-27(21-32)23-12-6-3-7-13-23;/h2-15,20-21H,16-19H2,1H3;1H. The predicted octanol–water partition coefficient (Wildman–Crippen LogP) is 7.26. The Labute approximate surface area is 212 Å². The van der Waals surface area contributed by atoms with Crippen LogP contribution in [0.4, 0.5) is 5.69 Å². The number of ether oxygens (including phenoxy) is 1.